The van der Waals surface area contributed by atoms with Gasteiger partial charge in [-0.25, -0.2) is 0 Å². The fraction of sp³-hybridized carbons (Fsp3) is 0.455. The molecule has 4 nitrogen and oxygen atoms in total. The number of nitrogens with zero attached hydrogens (tertiary/aromatic N) is 2. The molecule has 16 heavy (non-hydrogen) atoms. The van der Waals surface area contributed by atoms with Crippen LogP contribution in [-0.4, -0.2) is 33.5 Å². The summed E-state index contributed by atoms with van der Waals surface area (Å²) in [5, 5.41) is 9.05. The fourth-order valence-electron chi connectivity index (χ4n) is 2.07. The van der Waals surface area contributed by atoms with Crippen molar-refractivity contribution >= 4 is 21.9 Å². The molecule has 1 aromatic heterocycles. The van der Waals surface area contributed by atoms with Gasteiger partial charge < -0.3 is 5.11 Å². The molecule has 0 unspecified atom stereocenters. The van der Waals surface area contributed by atoms with E-state index in [1.165, 1.54) is 0 Å². The molecule has 0 spiro atoms. The van der Waals surface area contributed by atoms with Crippen LogP contribution in [0.2, 0.25) is 0 Å². The molecule has 1 N–H and O–H groups in total. The van der Waals surface area contributed by atoms with Crippen LogP contribution in [-0.2, 0) is 11.3 Å². The molecule has 2 rings (SSSR count). The first-order valence-corrected chi connectivity index (χ1v) is 6.02. The zero-order chi connectivity index (χ0) is 11.5. The smallest absolute Gasteiger partial charge is 0.320 e. The van der Waals surface area contributed by atoms with E-state index < -0.39 is 5.97 Å². The highest BCUT2D eigenvalue weighted by Gasteiger charge is 2.30. The normalized spacial score (nSPS) is 21.2. The number of hydrogen-bond acceptors (Lipinski definition) is 3. The third-order valence-electron chi connectivity index (χ3n) is 2.80. The molecule has 0 aromatic carbocycles. The van der Waals surface area contributed by atoms with Crippen molar-refractivity contribution in [1.29, 1.82) is 0 Å². The van der Waals surface area contributed by atoms with Crippen molar-refractivity contribution in [2.45, 2.75) is 25.4 Å². The summed E-state index contributed by atoms with van der Waals surface area (Å²) in [6.07, 6.45) is 5.21. The average molecular weight is 285 g/mol. The maximum absolute atomic E-state index is 11.0. The molecule has 86 valence electrons. The van der Waals surface area contributed by atoms with Gasteiger partial charge in [-0.1, -0.05) is 0 Å². The van der Waals surface area contributed by atoms with E-state index in [9.17, 15) is 4.79 Å². The Kier molecular flexibility index (Phi) is 3.56. The number of aliphatic carboxylic acids is 1. The quantitative estimate of drug-likeness (QED) is 0.921. The summed E-state index contributed by atoms with van der Waals surface area (Å²) < 4.78 is 0.927. The Morgan fingerprint density at radius 2 is 2.44 bits per heavy atom. The van der Waals surface area contributed by atoms with Gasteiger partial charge in [-0.15, -0.1) is 0 Å². The van der Waals surface area contributed by atoms with E-state index in [0.717, 1.165) is 29.4 Å². The van der Waals surface area contributed by atoms with Crippen LogP contribution in [0.4, 0.5) is 0 Å². The number of carbonyl (C=O) groups is 1. The highest BCUT2D eigenvalue weighted by Crippen LogP contribution is 2.21. The van der Waals surface area contributed by atoms with Gasteiger partial charge in [0.2, 0.25) is 0 Å². The van der Waals surface area contributed by atoms with Crippen molar-refractivity contribution in [2.75, 3.05) is 6.54 Å². The van der Waals surface area contributed by atoms with E-state index >= 15 is 0 Å². The maximum atomic E-state index is 11.0. The standard InChI is InChI=1S/C11H13BrN2O2/c12-9-4-8(5-13-6-9)7-14-3-1-2-10(14)11(15)16/h4-6,10H,1-3,7H2,(H,15,16)/t10-/m0/s1. The van der Waals surface area contributed by atoms with Crippen LogP contribution in [0.15, 0.2) is 22.9 Å². The number of rotatable bonds is 3. The van der Waals surface area contributed by atoms with Gasteiger partial charge in [-0.05, 0) is 46.9 Å². The Balaban J connectivity index is 2.06. The van der Waals surface area contributed by atoms with E-state index in [-0.39, 0.29) is 6.04 Å². The van der Waals surface area contributed by atoms with Crippen LogP contribution < -0.4 is 0 Å². The van der Waals surface area contributed by atoms with Gasteiger partial charge in [0.05, 0.1) is 0 Å². The van der Waals surface area contributed by atoms with E-state index in [4.69, 9.17) is 5.11 Å². The summed E-state index contributed by atoms with van der Waals surface area (Å²) in [7, 11) is 0. The number of likely N-dealkylation sites (tertiary alicyclic amines) is 1. The number of carboxylic acid groups (broad SMARTS) is 1. The monoisotopic (exact) mass is 284 g/mol. The molecular weight excluding hydrogens is 272 g/mol. The fourth-order valence-corrected chi connectivity index (χ4v) is 2.48. The molecule has 1 atom stereocenters. The van der Waals surface area contributed by atoms with Gasteiger partial charge >= 0.3 is 5.97 Å². The van der Waals surface area contributed by atoms with Gasteiger partial charge in [-0.2, -0.15) is 0 Å². The van der Waals surface area contributed by atoms with Crippen molar-refractivity contribution in [1.82, 2.24) is 9.88 Å². The lowest BCUT2D eigenvalue weighted by Crippen LogP contribution is -2.35. The largest absolute Gasteiger partial charge is 0.480 e. The van der Waals surface area contributed by atoms with E-state index in [1.807, 2.05) is 11.0 Å². The van der Waals surface area contributed by atoms with E-state index in [0.29, 0.717) is 6.54 Å². The molecule has 0 radical (unpaired) electrons. The summed E-state index contributed by atoms with van der Waals surface area (Å²) in [5.74, 6) is -0.722. The lowest BCUT2D eigenvalue weighted by atomic mass is 10.2. The van der Waals surface area contributed by atoms with Gasteiger partial charge in [-0.3, -0.25) is 14.7 Å². The highest BCUT2D eigenvalue weighted by atomic mass is 79.9. The molecule has 0 saturated carbocycles. The van der Waals surface area contributed by atoms with Crippen molar-refractivity contribution < 1.29 is 9.90 Å². The Morgan fingerprint density at radius 3 is 3.12 bits per heavy atom. The van der Waals surface area contributed by atoms with Crippen LogP contribution >= 0.6 is 15.9 Å². The molecule has 1 aliphatic heterocycles. The molecule has 0 aliphatic carbocycles. The summed E-state index contributed by atoms with van der Waals surface area (Å²) in [6, 6.07) is 1.64. The topological polar surface area (TPSA) is 53.4 Å². The van der Waals surface area contributed by atoms with Crippen molar-refractivity contribution in [3.8, 4) is 0 Å². The number of carboxylic acids is 1. The van der Waals surface area contributed by atoms with Crippen LogP contribution in [0.1, 0.15) is 18.4 Å². The second-order valence-corrected chi connectivity index (χ2v) is 4.89. The molecule has 1 saturated heterocycles. The lowest BCUT2D eigenvalue weighted by Gasteiger charge is -2.20. The highest BCUT2D eigenvalue weighted by molar-refractivity contribution is 9.10. The predicted octanol–water partition coefficient (Wildman–Crippen LogP) is 1.89. The molecular formula is C11H13BrN2O2. The number of hydrogen-bond donors (Lipinski definition) is 1. The molecule has 0 amide bonds. The van der Waals surface area contributed by atoms with E-state index in [2.05, 4.69) is 20.9 Å². The Labute approximate surface area is 102 Å². The third-order valence-corrected chi connectivity index (χ3v) is 3.23. The van der Waals surface area contributed by atoms with Crippen LogP contribution in [0.5, 0.6) is 0 Å². The number of pyridine rings is 1. The van der Waals surface area contributed by atoms with Crippen molar-refractivity contribution in [3.05, 3.63) is 28.5 Å². The number of halogens is 1. The van der Waals surface area contributed by atoms with Gasteiger partial charge in [0.1, 0.15) is 6.04 Å². The van der Waals surface area contributed by atoms with Gasteiger partial charge in [0, 0.05) is 23.4 Å². The Hall–Kier alpha value is -0.940. The summed E-state index contributed by atoms with van der Waals surface area (Å²) in [4.78, 5) is 17.1. The van der Waals surface area contributed by atoms with Gasteiger partial charge in [0.15, 0.2) is 0 Å². The third kappa shape index (κ3) is 2.59. The number of aromatic nitrogens is 1. The summed E-state index contributed by atoms with van der Waals surface area (Å²) in [5.41, 5.74) is 1.04. The Morgan fingerprint density at radius 1 is 1.62 bits per heavy atom. The first kappa shape index (κ1) is 11.5. The average Bonchev–Trinajstić information content (AvgIpc) is 2.66. The van der Waals surface area contributed by atoms with Gasteiger partial charge in [0.25, 0.3) is 0 Å². The minimum atomic E-state index is -0.722. The molecule has 2 heterocycles. The molecule has 0 bridgehead atoms. The first-order valence-electron chi connectivity index (χ1n) is 5.23. The first-order chi connectivity index (χ1) is 7.66. The SMILES string of the molecule is O=C(O)[C@@H]1CCCN1Cc1cncc(Br)c1. The predicted molar refractivity (Wildman–Crippen MR) is 63.0 cm³/mol. The Bertz CT molecular complexity index is 397. The molecule has 1 aliphatic rings. The minimum Gasteiger partial charge on any atom is -0.480 e. The van der Waals surface area contributed by atoms with Crippen LogP contribution in [0, 0.1) is 0 Å². The van der Waals surface area contributed by atoms with E-state index in [1.54, 1.807) is 12.4 Å². The van der Waals surface area contributed by atoms with Crippen molar-refractivity contribution in [2.24, 2.45) is 0 Å². The second-order valence-electron chi connectivity index (χ2n) is 3.98. The zero-order valence-corrected chi connectivity index (χ0v) is 10.4. The minimum absolute atomic E-state index is 0.334. The van der Waals surface area contributed by atoms with Crippen LogP contribution in [0.25, 0.3) is 0 Å². The van der Waals surface area contributed by atoms with Crippen LogP contribution in [0.3, 0.4) is 0 Å². The molecule has 5 heteroatoms. The second kappa shape index (κ2) is 4.93. The molecule has 1 aromatic rings. The van der Waals surface area contributed by atoms with Crippen molar-refractivity contribution in [3.63, 3.8) is 0 Å². The summed E-state index contributed by atoms with van der Waals surface area (Å²) in [6.45, 7) is 1.51. The lowest BCUT2D eigenvalue weighted by molar-refractivity contribution is -0.142. The maximum Gasteiger partial charge on any atom is 0.320 e. The summed E-state index contributed by atoms with van der Waals surface area (Å²) >= 11 is 3.36. The zero-order valence-electron chi connectivity index (χ0n) is 8.77. The molecule has 1 fully saturated rings.